The van der Waals surface area contributed by atoms with Crippen LogP contribution in [0.4, 0.5) is 13.2 Å². The van der Waals surface area contributed by atoms with Crippen LogP contribution in [0.1, 0.15) is 57.1 Å². The minimum atomic E-state index is -4.71. The molecular formula is C30H32F3N5O7. The standard InChI is InChI=1S/C30H32F3N5O7/c1-15-10-24(30(31,32)33)36-16(2)26(15)29(43)45-14-22(39)20(11-17-6-5-9-34-27(17)41)38-25(40)13-35-28(42)21-12-18-19(37-21)7-4-8-23(18)44-3/h4,7-8,10,12,17,20,37H,5-6,9,11,13-14H2,1-3H3,(H,34,41)(H,35,42)(H,38,40)/t17-,20?/m0/s1. The van der Waals surface area contributed by atoms with Crippen molar-refractivity contribution in [2.45, 2.75) is 45.3 Å². The van der Waals surface area contributed by atoms with Crippen molar-refractivity contribution in [2.75, 3.05) is 26.8 Å². The monoisotopic (exact) mass is 631 g/mol. The molecule has 1 aliphatic rings. The quantitative estimate of drug-likeness (QED) is 0.234. The van der Waals surface area contributed by atoms with Gasteiger partial charge in [0.25, 0.3) is 5.91 Å². The molecule has 3 heterocycles. The van der Waals surface area contributed by atoms with E-state index in [0.717, 1.165) is 0 Å². The van der Waals surface area contributed by atoms with Crippen LogP contribution in [0.15, 0.2) is 30.3 Å². The Morgan fingerprint density at radius 3 is 2.58 bits per heavy atom. The first-order valence-corrected chi connectivity index (χ1v) is 14.0. The number of aromatic amines is 1. The Morgan fingerprint density at radius 2 is 1.91 bits per heavy atom. The molecule has 0 bridgehead atoms. The zero-order valence-electron chi connectivity index (χ0n) is 24.7. The number of alkyl halides is 3. The topological polar surface area (TPSA) is 169 Å². The van der Waals surface area contributed by atoms with Crippen LogP contribution in [0.3, 0.4) is 0 Å². The summed E-state index contributed by atoms with van der Waals surface area (Å²) in [7, 11) is 1.50. The number of esters is 1. The lowest BCUT2D eigenvalue weighted by atomic mass is 9.90. The number of hydrogen-bond acceptors (Lipinski definition) is 8. The number of aryl methyl sites for hydroxylation is 2. The van der Waals surface area contributed by atoms with Gasteiger partial charge in [-0.15, -0.1) is 0 Å². The van der Waals surface area contributed by atoms with E-state index in [0.29, 0.717) is 42.1 Å². The molecule has 12 nitrogen and oxygen atoms in total. The van der Waals surface area contributed by atoms with Gasteiger partial charge < -0.3 is 30.4 Å². The highest BCUT2D eigenvalue weighted by Crippen LogP contribution is 2.30. The number of nitrogens with one attached hydrogen (secondary N) is 4. The van der Waals surface area contributed by atoms with E-state index in [2.05, 4.69) is 25.9 Å². The van der Waals surface area contributed by atoms with Crippen molar-refractivity contribution >= 4 is 40.4 Å². The molecule has 3 aromatic rings. The largest absolute Gasteiger partial charge is 0.496 e. The average Bonchev–Trinajstić information content (AvgIpc) is 3.43. The third kappa shape index (κ3) is 7.96. The summed E-state index contributed by atoms with van der Waals surface area (Å²) in [6.45, 7) is 1.63. The Kier molecular flexibility index (Phi) is 10.1. The fraction of sp³-hybridized carbons (Fsp3) is 0.400. The molecule has 0 aliphatic carbocycles. The van der Waals surface area contributed by atoms with Gasteiger partial charge in [0.2, 0.25) is 11.8 Å². The van der Waals surface area contributed by atoms with Gasteiger partial charge >= 0.3 is 12.1 Å². The third-order valence-corrected chi connectivity index (χ3v) is 7.38. The van der Waals surface area contributed by atoms with Crippen LogP contribution in [0, 0.1) is 19.8 Å². The molecule has 4 rings (SSSR count). The maximum Gasteiger partial charge on any atom is 0.433 e. The molecule has 240 valence electrons. The van der Waals surface area contributed by atoms with Gasteiger partial charge in [-0.25, -0.2) is 9.78 Å². The molecule has 0 saturated carbocycles. The lowest BCUT2D eigenvalue weighted by Gasteiger charge is -2.26. The number of Topliss-reactive ketones (excluding diaryl/α,β-unsaturated/α-hetero) is 1. The number of amides is 3. The predicted molar refractivity (Wildman–Crippen MR) is 153 cm³/mol. The van der Waals surface area contributed by atoms with Gasteiger partial charge in [-0.05, 0) is 62.9 Å². The van der Waals surface area contributed by atoms with E-state index in [1.165, 1.54) is 21.0 Å². The van der Waals surface area contributed by atoms with Gasteiger partial charge in [0.1, 0.15) is 17.1 Å². The van der Waals surface area contributed by atoms with Gasteiger partial charge in [-0.3, -0.25) is 19.2 Å². The van der Waals surface area contributed by atoms with Gasteiger partial charge in [0.05, 0.1) is 31.0 Å². The number of benzene rings is 1. The lowest BCUT2D eigenvalue weighted by Crippen LogP contribution is -2.49. The van der Waals surface area contributed by atoms with Crippen molar-refractivity contribution in [3.05, 3.63) is 58.5 Å². The number of pyridine rings is 1. The van der Waals surface area contributed by atoms with E-state index >= 15 is 0 Å². The fourth-order valence-corrected chi connectivity index (χ4v) is 5.14. The second-order valence-electron chi connectivity index (χ2n) is 10.6. The van der Waals surface area contributed by atoms with Gasteiger partial charge in [-0.1, -0.05) is 6.07 Å². The van der Waals surface area contributed by atoms with Crippen molar-refractivity contribution in [3.8, 4) is 5.75 Å². The van der Waals surface area contributed by atoms with Crippen molar-refractivity contribution in [1.29, 1.82) is 0 Å². The lowest BCUT2D eigenvalue weighted by molar-refractivity contribution is -0.141. The first-order valence-electron chi connectivity index (χ1n) is 14.0. The number of nitrogens with zero attached hydrogens (tertiary/aromatic N) is 1. The summed E-state index contributed by atoms with van der Waals surface area (Å²) in [5, 5.41) is 8.34. The van der Waals surface area contributed by atoms with E-state index in [4.69, 9.17) is 9.47 Å². The molecule has 3 amide bonds. The highest BCUT2D eigenvalue weighted by Gasteiger charge is 2.35. The Bertz CT molecular complexity index is 1610. The molecule has 2 atom stereocenters. The van der Waals surface area contributed by atoms with Gasteiger partial charge in [0.15, 0.2) is 12.4 Å². The van der Waals surface area contributed by atoms with Crippen LogP contribution in [0.2, 0.25) is 0 Å². The summed E-state index contributed by atoms with van der Waals surface area (Å²) in [6.07, 6.45) is -3.69. The van der Waals surface area contributed by atoms with E-state index in [-0.39, 0.29) is 34.8 Å². The fourth-order valence-electron chi connectivity index (χ4n) is 5.14. The zero-order valence-corrected chi connectivity index (χ0v) is 24.7. The molecule has 1 aliphatic heterocycles. The highest BCUT2D eigenvalue weighted by molar-refractivity contribution is 6.01. The molecule has 1 saturated heterocycles. The number of fused-ring (bicyclic) bond motifs is 1. The summed E-state index contributed by atoms with van der Waals surface area (Å²) >= 11 is 0. The number of methoxy groups -OCH3 is 1. The number of halogens is 3. The number of ether oxygens (including phenoxy) is 2. The number of rotatable bonds is 11. The maximum atomic E-state index is 13.2. The van der Waals surface area contributed by atoms with Crippen LogP contribution in [-0.2, 0) is 25.3 Å². The minimum absolute atomic E-state index is 0.0415. The Balaban J connectivity index is 1.41. The number of H-pyrrole nitrogens is 1. The van der Waals surface area contributed by atoms with Gasteiger partial charge in [0, 0.05) is 23.4 Å². The second kappa shape index (κ2) is 13.8. The molecule has 15 heteroatoms. The molecule has 1 aromatic carbocycles. The summed E-state index contributed by atoms with van der Waals surface area (Å²) in [5.74, 6) is -3.51. The second-order valence-corrected chi connectivity index (χ2v) is 10.6. The van der Waals surface area contributed by atoms with Crippen molar-refractivity contribution < 1.29 is 46.6 Å². The van der Waals surface area contributed by atoms with E-state index < -0.39 is 60.5 Å². The highest BCUT2D eigenvalue weighted by atomic mass is 19.4. The smallest absolute Gasteiger partial charge is 0.433 e. The Morgan fingerprint density at radius 1 is 1.16 bits per heavy atom. The average molecular weight is 632 g/mol. The van der Waals surface area contributed by atoms with Crippen molar-refractivity contribution in [1.82, 2.24) is 25.9 Å². The number of piperidine rings is 1. The molecule has 1 unspecified atom stereocenters. The molecular weight excluding hydrogens is 599 g/mol. The normalized spacial score (nSPS) is 15.6. The first-order chi connectivity index (χ1) is 21.3. The summed E-state index contributed by atoms with van der Waals surface area (Å²) in [4.78, 5) is 70.2. The Labute approximate surface area is 255 Å². The van der Waals surface area contributed by atoms with Crippen LogP contribution in [0.25, 0.3) is 10.9 Å². The molecule has 1 fully saturated rings. The molecule has 0 spiro atoms. The summed E-state index contributed by atoms with van der Waals surface area (Å²) in [6, 6.07) is 6.24. The number of hydrogen-bond donors (Lipinski definition) is 4. The minimum Gasteiger partial charge on any atom is -0.496 e. The van der Waals surface area contributed by atoms with E-state index in [1.54, 1.807) is 24.3 Å². The van der Waals surface area contributed by atoms with E-state index in [9.17, 15) is 37.1 Å². The molecule has 2 aromatic heterocycles. The van der Waals surface area contributed by atoms with E-state index in [1.807, 2.05) is 0 Å². The number of carbonyl (C=O) groups excluding carboxylic acids is 5. The third-order valence-electron chi connectivity index (χ3n) is 7.38. The summed E-state index contributed by atoms with van der Waals surface area (Å²) in [5.41, 5.74) is -0.848. The van der Waals surface area contributed by atoms with Gasteiger partial charge in [-0.2, -0.15) is 13.2 Å². The summed E-state index contributed by atoms with van der Waals surface area (Å²) < 4.78 is 49.7. The Hall–Kier alpha value is -4.95. The zero-order chi connectivity index (χ0) is 32.9. The first kappa shape index (κ1) is 33.0. The SMILES string of the molecule is COc1cccc2[nH]c(C(=O)NCC(=O)NC(C[C@@H]3CCCNC3=O)C(=O)COC(=O)c3c(C)cc(C(F)(F)F)nc3C)cc12. The maximum absolute atomic E-state index is 13.2. The molecule has 4 N–H and O–H groups in total. The number of carbonyl (C=O) groups is 5. The van der Waals surface area contributed by atoms with Crippen molar-refractivity contribution in [2.24, 2.45) is 5.92 Å². The van der Waals surface area contributed by atoms with Crippen LogP contribution < -0.4 is 20.7 Å². The van der Waals surface area contributed by atoms with Crippen molar-refractivity contribution in [3.63, 3.8) is 0 Å². The number of aromatic nitrogens is 2. The van der Waals surface area contributed by atoms with Crippen LogP contribution in [-0.4, -0.2) is 72.3 Å². The predicted octanol–water partition coefficient (Wildman–Crippen LogP) is 2.76. The van der Waals surface area contributed by atoms with Crippen LogP contribution in [0.5, 0.6) is 5.75 Å². The molecule has 45 heavy (non-hydrogen) atoms. The van der Waals surface area contributed by atoms with Crippen LogP contribution >= 0.6 is 0 Å². The molecule has 0 radical (unpaired) electrons. The number of ketones is 1.